The second kappa shape index (κ2) is 12.1. The molecule has 194 valence electrons. The van der Waals surface area contributed by atoms with Gasteiger partial charge in [-0.2, -0.15) is 0 Å². The van der Waals surface area contributed by atoms with Gasteiger partial charge in [0.1, 0.15) is 5.60 Å². The summed E-state index contributed by atoms with van der Waals surface area (Å²) in [5, 5.41) is 0. The van der Waals surface area contributed by atoms with Crippen LogP contribution in [0.5, 0.6) is 0 Å². The predicted octanol–water partition coefficient (Wildman–Crippen LogP) is 6.68. The van der Waals surface area contributed by atoms with Gasteiger partial charge >= 0.3 is 6.09 Å². The van der Waals surface area contributed by atoms with Gasteiger partial charge in [-0.25, -0.2) is 4.79 Å². The number of benzene rings is 2. The predicted molar refractivity (Wildman–Crippen MR) is 144 cm³/mol. The molecule has 2 fully saturated rings. The van der Waals surface area contributed by atoms with Gasteiger partial charge < -0.3 is 9.64 Å². The quantitative estimate of drug-likeness (QED) is 0.406. The standard InChI is InChI=1S/C31H42N2O3/c1-31(2,3)36-30(35)33-21-17-27(18-22-33)26-10-12-28(13-11-26)29(34)14-9-24-15-19-32(20-16-24)23-25-7-5-4-6-8-25/h4-8,10-13,24,27H,9,14-23H2,1-3H3. The monoisotopic (exact) mass is 490 g/mol. The highest BCUT2D eigenvalue weighted by Gasteiger charge is 2.27. The van der Waals surface area contributed by atoms with Crippen LogP contribution in [0.15, 0.2) is 54.6 Å². The van der Waals surface area contributed by atoms with E-state index in [1.807, 2.05) is 37.8 Å². The summed E-state index contributed by atoms with van der Waals surface area (Å²) in [5.41, 5.74) is 3.01. The topological polar surface area (TPSA) is 49.9 Å². The lowest BCUT2D eigenvalue weighted by Crippen LogP contribution is -2.41. The molecule has 2 aliphatic heterocycles. The second-order valence-electron chi connectivity index (χ2n) is 11.5. The van der Waals surface area contributed by atoms with Crippen molar-refractivity contribution < 1.29 is 14.3 Å². The number of hydrogen-bond acceptors (Lipinski definition) is 4. The molecular weight excluding hydrogens is 448 g/mol. The molecule has 0 atom stereocenters. The lowest BCUT2D eigenvalue weighted by atomic mass is 9.88. The van der Waals surface area contributed by atoms with Crippen LogP contribution in [0.3, 0.4) is 0 Å². The average Bonchev–Trinajstić information content (AvgIpc) is 2.88. The largest absolute Gasteiger partial charge is 0.444 e. The maximum atomic E-state index is 12.8. The summed E-state index contributed by atoms with van der Waals surface area (Å²) >= 11 is 0. The van der Waals surface area contributed by atoms with Crippen LogP contribution in [0.2, 0.25) is 0 Å². The van der Waals surface area contributed by atoms with Crippen LogP contribution >= 0.6 is 0 Å². The number of ether oxygens (including phenoxy) is 1. The molecule has 0 bridgehead atoms. The van der Waals surface area contributed by atoms with Gasteiger partial charge in [-0.3, -0.25) is 9.69 Å². The molecule has 2 aromatic carbocycles. The number of ketones is 1. The van der Waals surface area contributed by atoms with Gasteiger partial charge in [-0.1, -0.05) is 54.6 Å². The molecule has 2 saturated heterocycles. The smallest absolute Gasteiger partial charge is 0.410 e. The molecule has 2 heterocycles. The first-order valence-corrected chi connectivity index (χ1v) is 13.6. The molecule has 2 aromatic rings. The lowest BCUT2D eigenvalue weighted by molar-refractivity contribution is 0.0204. The molecule has 0 aromatic heterocycles. The van der Waals surface area contributed by atoms with E-state index >= 15 is 0 Å². The van der Waals surface area contributed by atoms with Crippen LogP contribution in [0.1, 0.15) is 86.7 Å². The summed E-state index contributed by atoms with van der Waals surface area (Å²) in [6.45, 7) is 10.4. The Kier molecular flexibility index (Phi) is 8.84. The number of carbonyl (C=O) groups is 2. The first-order valence-electron chi connectivity index (χ1n) is 13.6. The van der Waals surface area contributed by atoms with Gasteiger partial charge in [0.2, 0.25) is 0 Å². The van der Waals surface area contributed by atoms with Gasteiger partial charge in [-0.15, -0.1) is 0 Å². The highest BCUT2D eigenvalue weighted by molar-refractivity contribution is 5.96. The molecule has 0 radical (unpaired) electrons. The lowest BCUT2D eigenvalue weighted by Gasteiger charge is -2.33. The fraction of sp³-hybridized carbons (Fsp3) is 0.548. The van der Waals surface area contributed by atoms with Gasteiger partial charge in [0, 0.05) is 31.6 Å². The highest BCUT2D eigenvalue weighted by Crippen LogP contribution is 2.30. The Morgan fingerprint density at radius 3 is 2.11 bits per heavy atom. The first kappa shape index (κ1) is 26.4. The highest BCUT2D eigenvalue weighted by atomic mass is 16.6. The number of piperidine rings is 2. The van der Waals surface area contributed by atoms with Gasteiger partial charge in [0.15, 0.2) is 5.78 Å². The number of rotatable bonds is 7. The van der Waals surface area contributed by atoms with E-state index in [9.17, 15) is 9.59 Å². The van der Waals surface area contributed by atoms with Crippen molar-refractivity contribution in [2.24, 2.45) is 5.92 Å². The minimum Gasteiger partial charge on any atom is -0.444 e. The fourth-order valence-corrected chi connectivity index (χ4v) is 5.42. The van der Waals surface area contributed by atoms with Gasteiger partial charge in [0.05, 0.1) is 0 Å². The molecule has 2 aliphatic rings. The van der Waals surface area contributed by atoms with Crippen LogP contribution in [0.25, 0.3) is 0 Å². The van der Waals surface area contributed by atoms with E-state index in [0.29, 0.717) is 31.3 Å². The zero-order valence-corrected chi connectivity index (χ0v) is 22.2. The Morgan fingerprint density at radius 2 is 1.50 bits per heavy atom. The van der Waals surface area contributed by atoms with E-state index in [2.05, 4.69) is 47.4 Å². The van der Waals surface area contributed by atoms with Crippen molar-refractivity contribution in [1.82, 2.24) is 9.80 Å². The maximum absolute atomic E-state index is 12.8. The Balaban J connectivity index is 1.18. The van der Waals surface area contributed by atoms with Crippen LogP contribution in [0, 0.1) is 5.92 Å². The van der Waals surface area contributed by atoms with E-state index in [0.717, 1.165) is 44.5 Å². The zero-order valence-electron chi connectivity index (χ0n) is 22.2. The maximum Gasteiger partial charge on any atom is 0.410 e. The molecular formula is C31H42N2O3. The van der Waals surface area contributed by atoms with Crippen molar-refractivity contribution in [3.8, 4) is 0 Å². The first-order chi connectivity index (χ1) is 17.3. The molecule has 36 heavy (non-hydrogen) atoms. The summed E-state index contributed by atoms with van der Waals surface area (Å²) in [6.07, 6.45) is 5.62. The Hall–Kier alpha value is -2.66. The number of nitrogens with zero attached hydrogens (tertiary/aromatic N) is 2. The van der Waals surface area contributed by atoms with Crippen molar-refractivity contribution in [2.45, 2.75) is 77.4 Å². The molecule has 0 saturated carbocycles. The SMILES string of the molecule is CC(C)(C)OC(=O)N1CCC(c2ccc(C(=O)CCC3CCN(Cc4ccccc4)CC3)cc2)CC1. The van der Waals surface area contributed by atoms with E-state index in [-0.39, 0.29) is 11.9 Å². The van der Waals surface area contributed by atoms with Crippen molar-refractivity contribution in [3.63, 3.8) is 0 Å². The van der Waals surface area contributed by atoms with Crippen LogP contribution in [-0.2, 0) is 11.3 Å². The molecule has 0 spiro atoms. The molecule has 0 aliphatic carbocycles. The minimum atomic E-state index is -0.462. The zero-order chi connectivity index (χ0) is 25.5. The Bertz CT molecular complexity index is 981. The van der Waals surface area contributed by atoms with E-state index in [4.69, 9.17) is 4.74 Å². The third-order valence-electron chi connectivity index (χ3n) is 7.59. The van der Waals surface area contributed by atoms with Gasteiger partial charge in [-0.05, 0) is 88.9 Å². The second-order valence-corrected chi connectivity index (χ2v) is 11.5. The summed E-state index contributed by atoms with van der Waals surface area (Å²) in [6, 6.07) is 18.9. The van der Waals surface area contributed by atoms with E-state index in [1.165, 1.54) is 24.0 Å². The summed E-state index contributed by atoms with van der Waals surface area (Å²) < 4.78 is 5.50. The third-order valence-corrected chi connectivity index (χ3v) is 7.59. The molecule has 5 nitrogen and oxygen atoms in total. The third kappa shape index (κ3) is 7.67. The summed E-state index contributed by atoms with van der Waals surface area (Å²) in [7, 11) is 0. The van der Waals surface area contributed by atoms with E-state index in [1.54, 1.807) is 0 Å². The normalized spacial score (nSPS) is 18.2. The van der Waals surface area contributed by atoms with Gasteiger partial charge in [0.25, 0.3) is 0 Å². The molecule has 5 heteroatoms. The van der Waals surface area contributed by atoms with Crippen LogP contribution in [-0.4, -0.2) is 53.5 Å². The number of amides is 1. The van der Waals surface area contributed by atoms with Crippen LogP contribution < -0.4 is 0 Å². The molecule has 1 amide bonds. The summed E-state index contributed by atoms with van der Waals surface area (Å²) in [5.74, 6) is 1.33. The molecule has 4 rings (SSSR count). The van der Waals surface area contributed by atoms with Crippen molar-refractivity contribution in [1.29, 1.82) is 0 Å². The number of likely N-dealkylation sites (tertiary alicyclic amines) is 2. The minimum absolute atomic E-state index is 0.219. The number of hydrogen-bond donors (Lipinski definition) is 0. The number of carbonyl (C=O) groups excluding carboxylic acids is 2. The van der Waals surface area contributed by atoms with Crippen molar-refractivity contribution in [3.05, 3.63) is 71.3 Å². The summed E-state index contributed by atoms with van der Waals surface area (Å²) in [4.78, 5) is 29.5. The molecule has 0 N–H and O–H groups in total. The van der Waals surface area contributed by atoms with Crippen molar-refractivity contribution >= 4 is 11.9 Å². The molecule has 0 unspecified atom stereocenters. The fourth-order valence-electron chi connectivity index (χ4n) is 5.42. The average molecular weight is 491 g/mol. The van der Waals surface area contributed by atoms with E-state index < -0.39 is 5.60 Å². The Labute approximate surface area is 216 Å². The van der Waals surface area contributed by atoms with Crippen LogP contribution in [0.4, 0.5) is 4.79 Å². The van der Waals surface area contributed by atoms with Crippen molar-refractivity contribution in [2.75, 3.05) is 26.2 Å². The number of Topliss-reactive ketones (excluding diaryl/α,β-unsaturated/α-hetero) is 1. The Morgan fingerprint density at radius 1 is 0.861 bits per heavy atom.